The molecule has 1 aromatic carbocycles. The molecule has 3 aliphatic rings. The van der Waals surface area contributed by atoms with Gasteiger partial charge in [0.05, 0.1) is 12.8 Å². The van der Waals surface area contributed by atoms with Gasteiger partial charge < -0.3 is 19.2 Å². The van der Waals surface area contributed by atoms with Gasteiger partial charge in [0.25, 0.3) is 0 Å². The molecule has 0 saturated heterocycles. The number of carbonyl (C=O) groups is 1. The second kappa shape index (κ2) is 12.4. The zero-order chi connectivity index (χ0) is 28.3. The van der Waals surface area contributed by atoms with E-state index in [-0.39, 0.29) is 18.4 Å². The van der Waals surface area contributed by atoms with Crippen LogP contribution >= 0.6 is 0 Å². The minimum Gasteiger partial charge on any atom is -0.495 e. The quantitative estimate of drug-likeness (QED) is 0.304. The summed E-state index contributed by atoms with van der Waals surface area (Å²) in [5, 5.41) is 9.62. The Bertz CT molecular complexity index is 1330. The fourth-order valence-corrected chi connectivity index (χ4v) is 6.82. The second-order valence-electron chi connectivity index (χ2n) is 12.5. The van der Waals surface area contributed by atoms with Gasteiger partial charge in [-0.3, -0.25) is 9.78 Å². The maximum atomic E-state index is 14.1. The molecule has 3 fully saturated rings. The maximum absolute atomic E-state index is 14.1. The number of ether oxygens (including phenoxy) is 1. The lowest BCUT2D eigenvalue weighted by molar-refractivity contribution is -0.123. The average Bonchev–Trinajstić information content (AvgIpc) is 3.75. The van der Waals surface area contributed by atoms with E-state index in [4.69, 9.17) is 19.1 Å². The van der Waals surface area contributed by atoms with Crippen molar-refractivity contribution >= 4 is 11.6 Å². The highest BCUT2D eigenvalue weighted by Crippen LogP contribution is 2.41. The van der Waals surface area contributed by atoms with Crippen LogP contribution in [-0.4, -0.2) is 41.2 Å². The molecule has 0 atom stereocenters. The summed E-state index contributed by atoms with van der Waals surface area (Å²) < 4.78 is 11.2. The number of carbonyl (C=O) groups excluding carboxylic acids is 1. The number of benzene rings is 1. The van der Waals surface area contributed by atoms with Crippen molar-refractivity contribution in [3.63, 3.8) is 0 Å². The molecule has 2 heterocycles. The summed E-state index contributed by atoms with van der Waals surface area (Å²) in [7, 11) is 1.69. The molecule has 41 heavy (non-hydrogen) atoms. The molecular formula is C34H43N3O4. The highest BCUT2D eigenvalue weighted by molar-refractivity contribution is 5.95. The van der Waals surface area contributed by atoms with Crippen LogP contribution in [0.2, 0.25) is 0 Å². The van der Waals surface area contributed by atoms with Gasteiger partial charge in [-0.15, -0.1) is 0 Å². The Morgan fingerprint density at radius 3 is 2.37 bits per heavy atom. The molecule has 0 unspecified atom stereocenters. The summed E-state index contributed by atoms with van der Waals surface area (Å²) >= 11 is 0. The third-order valence-corrected chi connectivity index (χ3v) is 9.61. The molecule has 1 N–H and O–H groups in total. The van der Waals surface area contributed by atoms with E-state index >= 15 is 0 Å². The van der Waals surface area contributed by atoms with Gasteiger partial charge in [0.1, 0.15) is 17.7 Å². The summed E-state index contributed by atoms with van der Waals surface area (Å²) in [5.41, 5.74) is 4.87. The molecule has 7 nitrogen and oxygen atoms in total. The predicted molar refractivity (Wildman–Crippen MR) is 159 cm³/mol. The van der Waals surface area contributed by atoms with Crippen molar-refractivity contribution in [3.05, 3.63) is 59.9 Å². The number of nitrogens with zero attached hydrogens (tertiary/aromatic N) is 3. The number of hydrogen-bond acceptors (Lipinski definition) is 6. The molecule has 1 amide bonds. The van der Waals surface area contributed by atoms with Gasteiger partial charge in [-0.1, -0.05) is 12.1 Å². The second-order valence-corrected chi connectivity index (χ2v) is 12.5. The highest BCUT2D eigenvalue weighted by atomic mass is 16.5. The Balaban J connectivity index is 1.19. The first-order valence-electron chi connectivity index (χ1n) is 15.5. The first-order valence-corrected chi connectivity index (χ1v) is 15.5. The van der Waals surface area contributed by atoms with Crippen LogP contribution in [0.4, 0.5) is 5.69 Å². The van der Waals surface area contributed by atoms with Crippen LogP contribution in [0, 0.1) is 24.7 Å². The third kappa shape index (κ3) is 6.35. The molecule has 0 spiro atoms. The molecule has 218 valence electrons. The number of aliphatic hydroxyl groups excluding tert-OH is 1. The van der Waals surface area contributed by atoms with Gasteiger partial charge in [-0.2, -0.15) is 0 Å². The lowest BCUT2D eigenvalue weighted by atomic mass is 9.79. The van der Waals surface area contributed by atoms with Crippen molar-refractivity contribution in [2.24, 2.45) is 17.8 Å². The number of aliphatic hydroxyl groups is 1. The first-order chi connectivity index (χ1) is 20.0. The summed E-state index contributed by atoms with van der Waals surface area (Å²) in [5.74, 6) is 3.59. The highest BCUT2D eigenvalue weighted by Gasteiger charge is 2.33. The molecule has 7 heteroatoms. The largest absolute Gasteiger partial charge is 0.495 e. The van der Waals surface area contributed by atoms with Gasteiger partial charge in [-0.25, -0.2) is 4.98 Å². The normalized spacial score (nSPS) is 24.7. The van der Waals surface area contributed by atoms with Crippen LogP contribution in [-0.2, 0) is 4.79 Å². The van der Waals surface area contributed by atoms with Gasteiger partial charge in [0.2, 0.25) is 5.91 Å². The smallest absolute Gasteiger partial charge is 0.230 e. The Morgan fingerprint density at radius 2 is 1.68 bits per heavy atom. The summed E-state index contributed by atoms with van der Waals surface area (Å²) in [6.45, 7) is 2.96. The van der Waals surface area contributed by atoms with Gasteiger partial charge in [0, 0.05) is 47.9 Å². The van der Waals surface area contributed by atoms with Crippen LogP contribution in [0.15, 0.2) is 47.1 Å². The minimum absolute atomic E-state index is 0.0118. The van der Waals surface area contributed by atoms with Crippen molar-refractivity contribution < 1.29 is 19.1 Å². The van der Waals surface area contributed by atoms with Crippen LogP contribution in [0.5, 0.6) is 5.75 Å². The van der Waals surface area contributed by atoms with Crippen LogP contribution in [0.3, 0.4) is 0 Å². The number of methoxy groups -OCH3 is 1. The van der Waals surface area contributed by atoms with E-state index in [0.717, 1.165) is 111 Å². The number of aryl methyl sites for hydroxylation is 1. The number of rotatable bonds is 9. The van der Waals surface area contributed by atoms with Gasteiger partial charge in [0.15, 0.2) is 5.89 Å². The lowest BCUT2D eigenvalue weighted by Crippen LogP contribution is -2.41. The molecule has 3 saturated carbocycles. The number of amides is 1. The fourth-order valence-electron chi connectivity index (χ4n) is 6.82. The van der Waals surface area contributed by atoms with E-state index in [1.54, 1.807) is 13.4 Å². The van der Waals surface area contributed by atoms with E-state index in [1.807, 2.05) is 19.1 Å². The molecule has 3 aromatic rings. The first kappa shape index (κ1) is 28.0. The third-order valence-electron chi connectivity index (χ3n) is 9.61. The Labute approximate surface area is 243 Å². The summed E-state index contributed by atoms with van der Waals surface area (Å²) in [6.07, 6.45) is 11.9. The van der Waals surface area contributed by atoms with E-state index in [2.05, 4.69) is 29.2 Å². The number of aromatic nitrogens is 2. The zero-order valence-corrected chi connectivity index (χ0v) is 24.4. The standard InChI is InChI=1S/C34H43N3O4/c1-22-32(40-2)17-16-30(35-22)25-10-6-23(7-11-25)19-37(34(39)27-12-8-24(20-38)9-13-27)29-5-3-4-28(18-29)31-21-41-33(36-31)26-14-15-26/h3-5,16-18,21,23-27,38H,6-15,19-20H2,1-2H3/t23-,24-,25-,27-. The molecule has 6 rings (SSSR count). The van der Waals surface area contributed by atoms with E-state index in [9.17, 15) is 9.90 Å². The van der Waals surface area contributed by atoms with Crippen LogP contribution in [0.1, 0.15) is 93.3 Å². The van der Waals surface area contributed by atoms with E-state index in [1.165, 1.54) is 0 Å². The topological polar surface area (TPSA) is 88.7 Å². The maximum Gasteiger partial charge on any atom is 0.230 e. The van der Waals surface area contributed by atoms with Gasteiger partial charge in [-0.05, 0) is 107 Å². The number of hydrogen-bond donors (Lipinski definition) is 1. The molecule has 2 aromatic heterocycles. The summed E-state index contributed by atoms with van der Waals surface area (Å²) in [6, 6.07) is 12.4. The summed E-state index contributed by atoms with van der Waals surface area (Å²) in [4.78, 5) is 25.8. The Hall–Kier alpha value is -3.19. The molecule has 0 bridgehead atoms. The lowest BCUT2D eigenvalue weighted by Gasteiger charge is -2.36. The van der Waals surface area contributed by atoms with Crippen molar-refractivity contribution in [1.82, 2.24) is 9.97 Å². The zero-order valence-electron chi connectivity index (χ0n) is 24.4. The Morgan fingerprint density at radius 1 is 0.951 bits per heavy atom. The van der Waals surface area contributed by atoms with Crippen LogP contribution in [0.25, 0.3) is 11.3 Å². The van der Waals surface area contributed by atoms with Gasteiger partial charge >= 0.3 is 0 Å². The fraction of sp³-hybridized carbons (Fsp3) is 0.559. The molecule has 0 radical (unpaired) electrons. The van der Waals surface area contributed by atoms with Crippen molar-refractivity contribution in [1.29, 1.82) is 0 Å². The van der Waals surface area contributed by atoms with Crippen molar-refractivity contribution in [2.75, 3.05) is 25.2 Å². The number of pyridine rings is 1. The molecule has 3 aliphatic carbocycles. The Kier molecular flexibility index (Phi) is 8.42. The molecular weight excluding hydrogens is 514 g/mol. The number of oxazole rings is 1. The molecule has 0 aliphatic heterocycles. The monoisotopic (exact) mass is 557 g/mol. The SMILES string of the molecule is COc1ccc([C@H]2CC[C@H](CN(c3cccc(-c4coc(C5CC5)n4)c3)C(=O)[C@H]3CC[C@H](CO)CC3)CC2)nc1C. The van der Waals surface area contributed by atoms with E-state index in [0.29, 0.717) is 23.7 Å². The van der Waals surface area contributed by atoms with Crippen LogP contribution < -0.4 is 9.64 Å². The minimum atomic E-state index is 0.0118. The number of anilines is 1. The van der Waals surface area contributed by atoms with E-state index < -0.39 is 0 Å². The average molecular weight is 558 g/mol. The van der Waals surface area contributed by atoms with Crippen molar-refractivity contribution in [2.45, 2.75) is 83.0 Å². The van der Waals surface area contributed by atoms with Crippen molar-refractivity contribution in [3.8, 4) is 17.0 Å². The predicted octanol–water partition coefficient (Wildman–Crippen LogP) is 7.04.